The van der Waals surface area contributed by atoms with E-state index in [1.54, 1.807) is 0 Å². The van der Waals surface area contributed by atoms with Crippen molar-refractivity contribution in [2.24, 2.45) is 11.8 Å². The van der Waals surface area contributed by atoms with Crippen LogP contribution in [0.5, 0.6) is 0 Å². The van der Waals surface area contributed by atoms with E-state index in [4.69, 9.17) is 0 Å². The monoisotopic (exact) mass is 290 g/mol. The minimum atomic E-state index is 0.0146. The smallest absolute Gasteiger partial charge is 0.323 e. The number of anilines is 1. The van der Waals surface area contributed by atoms with E-state index in [1.165, 1.54) is 31.0 Å². The first-order chi connectivity index (χ1) is 9.76. The van der Waals surface area contributed by atoms with Crippen molar-refractivity contribution in [3.8, 4) is 0 Å². The number of fused-ring (bicyclic) bond motifs is 3. The van der Waals surface area contributed by atoms with E-state index in [0.29, 0.717) is 18.5 Å². The van der Waals surface area contributed by atoms with E-state index in [1.807, 2.05) is 17.4 Å². The van der Waals surface area contributed by atoms with Crippen molar-refractivity contribution in [2.75, 3.05) is 11.2 Å². The van der Waals surface area contributed by atoms with Crippen LogP contribution in [0.3, 0.4) is 0 Å². The zero-order chi connectivity index (χ0) is 13.7. The molecule has 0 aromatic carbocycles. The molecule has 1 aromatic rings. The molecule has 3 atom stereocenters. The van der Waals surface area contributed by atoms with Crippen LogP contribution < -0.4 is 10.2 Å². The summed E-state index contributed by atoms with van der Waals surface area (Å²) in [5.74, 6) is 2.31. The molecule has 3 unspecified atom stereocenters. The van der Waals surface area contributed by atoms with Gasteiger partial charge in [-0.1, -0.05) is 18.2 Å². The van der Waals surface area contributed by atoms with Crippen LogP contribution in [0.2, 0.25) is 0 Å². The van der Waals surface area contributed by atoms with Gasteiger partial charge in [-0.25, -0.2) is 14.8 Å². The third-order valence-corrected chi connectivity index (χ3v) is 5.47. The van der Waals surface area contributed by atoms with Crippen LogP contribution in [0.1, 0.15) is 31.2 Å². The summed E-state index contributed by atoms with van der Waals surface area (Å²) in [5.41, 5.74) is 1.03. The summed E-state index contributed by atoms with van der Waals surface area (Å²) < 4.78 is 0. The zero-order valence-electron chi connectivity index (χ0n) is 11.5. The fourth-order valence-electron chi connectivity index (χ4n) is 4.00. The van der Waals surface area contributed by atoms with Crippen LogP contribution in [0.4, 0.5) is 10.6 Å². The fourth-order valence-corrected chi connectivity index (χ4v) is 4.34. The topological polar surface area (TPSA) is 58.1 Å². The molecule has 1 aliphatic heterocycles. The second-order valence-corrected chi connectivity index (χ2v) is 6.75. The number of hydrogen-bond donors (Lipinski definition) is 1. The molecule has 106 valence electrons. The molecule has 5 nitrogen and oxygen atoms in total. The number of nitrogens with one attached hydrogen (secondary N) is 1. The van der Waals surface area contributed by atoms with Gasteiger partial charge in [0.25, 0.3) is 0 Å². The number of hydrogen-bond acceptors (Lipinski definition) is 4. The van der Waals surface area contributed by atoms with Gasteiger partial charge in [0.15, 0.2) is 5.16 Å². The highest BCUT2D eigenvalue weighted by Gasteiger charge is 2.46. The van der Waals surface area contributed by atoms with Gasteiger partial charge in [0.2, 0.25) is 0 Å². The van der Waals surface area contributed by atoms with Gasteiger partial charge in [0, 0.05) is 24.3 Å². The normalized spacial score (nSPS) is 31.4. The van der Waals surface area contributed by atoms with Gasteiger partial charge in [-0.3, -0.25) is 4.90 Å². The summed E-state index contributed by atoms with van der Waals surface area (Å²) >= 11 is 1.52. The largest absolute Gasteiger partial charge is 0.333 e. The van der Waals surface area contributed by atoms with Crippen LogP contribution in [0.15, 0.2) is 11.4 Å². The molecular formula is C14H18N4OS. The first-order valence-electron chi connectivity index (χ1n) is 7.23. The first-order valence-corrected chi connectivity index (χ1v) is 8.45. The lowest BCUT2D eigenvalue weighted by atomic mass is 9.93. The lowest BCUT2D eigenvalue weighted by Gasteiger charge is -2.37. The maximum Gasteiger partial charge on any atom is 0.323 e. The van der Waals surface area contributed by atoms with Crippen molar-refractivity contribution < 1.29 is 4.79 Å². The van der Waals surface area contributed by atoms with Crippen molar-refractivity contribution in [2.45, 2.75) is 43.4 Å². The Kier molecular flexibility index (Phi) is 2.87. The molecule has 2 bridgehead atoms. The zero-order valence-corrected chi connectivity index (χ0v) is 12.3. The van der Waals surface area contributed by atoms with Gasteiger partial charge in [-0.15, -0.1) is 0 Å². The Morgan fingerprint density at radius 3 is 3.00 bits per heavy atom. The Balaban J connectivity index is 1.74. The lowest BCUT2D eigenvalue weighted by Crippen LogP contribution is -2.52. The standard InChI is InChI=1S/C14H18N4OS/c1-20-13-15-6-10-7-16-14(19)18(12(10)17-13)11-5-8-2-3-9(11)4-8/h6,8-9,11H,2-5,7H2,1H3,(H,16,19). The molecule has 2 heterocycles. The maximum atomic E-state index is 12.4. The van der Waals surface area contributed by atoms with E-state index in [9.17, 15) is 4.79 Å². The molecule has 0 radical (unpaired) electrons. The van der Waals surface area contributed by atoms with E-state index < -0.39 is 0 Å². The predicted octanol–water partition coefficient (Wildman–Crippen LogP) is 2.42. The van der Waals surface area contributed by atoms with Gasteiger partial charge in [-0.05, 0) is 37.4 Å². The van der Waals surface area contributed by atoms with Gasteiger partial charge < -0.3 is 5.32 Å². The summed E-state index contributed by atoms with van der Waals surface area (Å²) in [7, 11) is 0. The molecule has 2 amide bonds. The van der Waals surface area contributed by atoms with Crippen LogP contribution in [-0.4, -0.2) is 28.3 Å². The van der Waals surface area contributed by atoms with Gasteiger partial charge in [-0.2, -0.15) is 0 Å². The van der Waals surface area contributed by atoms with Crippen LogP contribution >= 0.6 is 11.8 Å². The lowest BCUT2D eigenvalue weighted by molar-refractivity contribution is 0.237. The van der Waals surface area contributed by atoms with E-state index in [-0.39, 0.29) is 6.03 Å². The molecule has 1 N–H and O–H groups in total. The second-order valence-electron chi connectivity index (χ2n) is 5.98. The average Bonchev–Trinajstić information content (AvgIpc) is 3.09. The number of amides is 2. The molecule has 0 saturated heterocycles. The molecule has 3 aliphatic rings. The van der Waals surface area contributed by atoms with Crippen molar-refractivity contribution in [1.29, 1.82) is 0 Å². The van der Waals surface area contributed by atoms with Crippen LogP contribution in [-0.2, 0) is 6.54 Å². The molecule has 20 heavy (non-hydrogen) atoms. The summed E-state index contributed by atoms with van der Waals surface area (Å²) in [6.45, 7) is 0.542. The van der Waals surface area contributed by atoms with E-state index >= 15 is 0 Å². The Hall–Kier alpha value is -1.30. The van der Waals surface area contributed by atoms with Crippen LogP contribution in [0, 0.1) is 11.8 Å². The first kappa shape index (κ1) is 12.4. The summed E-state index contributed by atoms with van der Waals surface area (Å²) in [5, 5.41) is 3.70. The average molecular weight is 290 g/mol. The Labute approximate surface area is 122 Å². The molecule has 6 heteroatoms. The number of aromatic nitrogens is 2. The minimum absolute atomic E-state index is 0.0146. The highest BCUT2D eigenvalue weighted by molar-refractivity contribution is 7.98. The highest BCUT2D eigenvalue weighted by atomic mass is 32.2. The molecule has 2 fully saturated rings. The summed E-state index contributed by atoms with van der Waals surface area (Å²) in [4.78, 5) is 23.2. The number of urea groups is 1. The third-order valence-electron chi connectivity index (χ3n) is 4.91. The number of rotatable bonds is 2. The number of carbonyl (C=O) groups excluding carboxylic acids is 1. The van der Waals surface area contributed by atoms with E-state index in [0.717, 1.165) is 28.9 Å². The molecular weight excluding hydrogens is 272 g/mol. The quantitative estimate of drug-likeness (QED) is 0.671. The predicted molar refractivity (Wildman–Crippen MR) is 77.8 cm³/mol. The fraction of sp³-hybridized carbons (Fsp3) is 0.643. The van der Waals surface area contributed by atoms with Crippen molar-refractivity contribution in [3.05, 3.63) is 11.8 Å². The molecule has 4 rings (SSSR count). The van der Waals surface area contributed by atoms with Crippen molar-refractivity contribution >= 4 is 23.6 Å². The Morgan fingerprint density at radius 1 is 1.40 bits per heavy atom. The second kappa shape index (κ2) is 4.62. The molecule has 2 aliphatic carbocycles. The summed E-state index contributed by atoms with van der Waals surface area (Å²) in [6, 6.07) is 0.346. The summed E-state index contributed by atoms with van der Waals surface area (Å²) in [6.07, 6.45) is 8.83. The van der Waals surface area contributed by atoms with E-state index in [2.05, 4.69) is 15.3 Å². The molecule has 1 aromatic heterocycles. The van der Waals surface area contributed by atoms with Gasteiger partial charge >= 0.3 is 6.03 Å². The molecule has 0 spiro atoms. The number of thioether (sulfide) groups is 1. The van der Waals surface area contributed by atoms with Crippen LogP contribution in [0.25, 0.3) is 0 Å². The number of carbonyl (C=O) groups is 1. The molecule has 2 saturated carbocycles. The Morgan fingerprint density at radius 2 is 2.30 bits per heavy atom. The van der Waals surface area contributed by atoms with Crippen molar-refractivity contribution in [3.63, 3.8) is 0 Å². The van der Waals surface area contributed by atoms with Gasteiger partial charge in [0.05, 0.1) is 0 Å². The highest BCUT2D eigenvalue weighted by Crippen LogP contribution is 2.48. The minimum Gasteiger partial charge on any atom is -0.333 e. The van der Waals surface area contributed by atoms with Gasteiger partial charge in [0.1, 0.15) is 5.82 Å². The third kappa shape index (κ3) is 1.81. The van der Waals surface area contributed by atoms with Crippen molar-refractivity contribution in [1.82, 2.24) is 15.3 Å². The SMILES string of the molecule is CSc1ncc2c(n1)N(C1CC3CCC1C3)C(=O)NC2. The number of nitrogens with zero attached hydrogens (tertiary/aromatic N) is 3. The maximum absolute atomic E-state index is 12.4. The Bertz CT molecular complexity index is 564.